The van der Waals surface area contributed by atoms with E-state index in [9.17, 15) is 19.2 Å². The molecule has 0 spiro atoms. The lowest BCUT2D eigenvalue weighted by molar-refractivity contribution is -0.157. The van der Waals surface area contributed by atoms with Gasteiger partial charge in [-0.1, -0.05) is 41.9 Å². The monoisotopic (exact) mass is 545 g/mol. The van der Waals surface area contributed by atoms with E-state index in [1.165, 1.54) is 15.9 Å². The van der Waals surface area contributed by atoms with Crippen LogP contribution in [0.1, 0.15) is 44.6 Å². The van der Waals surface area contributed by atoms with E-state index in [1.54, 1.807) is 52.0 Å². The highest BCUT2D eigenvalue weighted by molar-refractivity contribution is 6.29. The lowest BCUT2D eigenvalue weighted by Gasteiger charge is -2.36. The van der Waals surface area contributed by atoms with Gasteiger partial charge in [-0.3, -0.25) is 14.4 Å². The number of nitrogens with one attached hydrogen (secondary N) is 1. The number of esters is 1. The number of ether oxygens (including phenoxy) is 2. The molecule has 2 heterocycles. The van der Waals surface area contributed by atoms with Gasteiger partial charge in [-0.05, 0) is 27.7 Å². The molecule has 12 heteroatoms. The van der Waals surface area contributed by atoms with Gasteiger partial charge >= 0.3 is 12.1 Å². The van der Waals surface area contributed by atoms with Crippen molar-refractivity contribution in [3.05, 3.63) is 47.2 Å². The maximum absolute atomic E-state index is 13.4. The third-order valence-corrected chi connectivity index (χ3v) is 5.66. The highest BCUT2D eigenvalue weighted by Gasteiger charge is 2.33. The fraction of sp³-hybridized carbons (Fsp3) is 0.462. The Hall–Kier alpha value is -3.73. The van der Waals surface area contributed by atoms with Gasteiger partial charge in [0.1, 0.15) is 22.5 Å². The van der Waals surface area contributed by atoms with Crippen LogP contribution < -0.4 is 5.32 Å². The van der Waals surface area contributed by atoms with Crippen molar-refractivity contribution < 1.29 is 28.7 Å². The number of amides is 3. The molecular weight excluding hydrogens is 514 g/mol. The Morgan fingerprint density at radius 1 is 1.03 bits per heavy atom. The topological polar surface area (TPSA) is 131 Å². The third-order valence-electron chi connectivity index (χ3n) is 5.47. The molecule has 1 aromatic carbocycles. The van der Waals surface area contributed by atoms with Gasteiger partial charge in [-0.15, -0.1) is 0 Å². The Bertz CT molecular complexity index is 1160. The lowest BCUT2D eigenvalue weighted by Crippen LogP contribution is -2.56. The van der Waals surface area contributed by atoms with E-state index in [1.807, 2.05) is 6.07 Å². The summed E-state index contributed by atoms with van der Waals surface area (Å²) in [4.78, 5) is 62.7. The molecule has 1 aliphatic rings. The minimum Gasteiger partial charge on any atom is -0.460 e. The first-order chi connectivity index (χ1) is 18.0. The molecule has 1 fully saturated rings. The molecule has 0 radical (unpaired) electrons. The van der Waals surface area contributed by atoms with Crippen molar-refractivity contribution in [3.8, 4) is 11.4 Å². The summed E-state index contributed by atoms with van der Waals surface area (Å²) in [7, 11) is 0. The molecule has 11 nitrogen and oxygen atoms in total. The standard InChI is InChI=1S/C26H32ClN5O6/c1-5-37-25(36)32-13-11-31(12-14-32)24(35)19(16-21(33)38-26(2,3)4)29-23(34)18-15-20(27)30-22(28-18)17-9-7-6-8-10-17/h6-10,15,19H,5,11-14,16H2,1-4H3,(H,29,34)/t19-/m0/s1. The van der Waals surface area contributed by atoms with Crippen LogP contribution in [-0.2, 0) is 19.1 Å². The number of carbonyl (C=O) groups is 4. The summed E-state index contributed by atoms with van der Waals surface area (Å²) in [6.07, 6.45) is -0.835. The van der Waals surface area contributed by atoms with E-state index in [0.717, 1.165) is 0 Å². The summed E-state index contributed by atoms with van der Waals surface area (Å²) in [5.41, 5.74) is -0.173. The molecular formula is C26H32ClN5O6. The van der Waals surface area contributed by atoms with Crippen molar-refractivity contribution in [1.29, 1.82) is 0 Å². The summed E-state index contributed by atoms with van der Waals surface area (Å²) in [6, 6.07) is 9.06. The third kappa shape index (κ3) is 8.14. The minimum atomic E-state index is -1.22. The molecule has 204 valence electrons. The first-order valence-corrected chi connectivity index (χ1v) is 12.7. The Kier molecular flexibility index (Phi) is 9.62. The predicted molar refractivity (Wildman–Crippen MR) is 139 cm³/mol. The Balaban J connectivity index is 1.78. The number of hydrogen-bond donors (Lipinski definition) is 1. The molecule has 0 saturated carbocycles. The van der Waals surface area contributed by atoms with Crippen molar-refractivity contribution in [3.63, 3.8) is 0 Å². The van der Waals surface area contributed by atoms with Crippen LogP contribution in [0.5, 0.6) is 0 Å². The molecule has 0 bridgehead atoms. The van der Waals surface area contributed by atoms with Crippen molar-refractivity contribution in [2.24, 2.45) is 0 Å². The first-order valence-electron chi connectivity index (χ1n) is 12.3. The van der Waals surface area contributed by atoms with Crippen LogP contribution in [-0.4, -0.2) is 88.1 Å². The fourth-order valence-corrected chi connectivity index (χ4v) is 3.96. The fourth-order valence-electron chi connectivity index (χ4n) is 3.78. The summed E-state index contributed by atoms with van der Waals surface area (Å²) in [5, 5.41) is 2.67. The Morgan fingerprint density at radius 3 is 2.26 bits per heavy atom. The van der Waals surface area contributed by atoms with Gasteiger partial charge in [0.25, 0.3) is 5.91 Å². The molecule has 3 rings (SSSR count). The minimum absolute atomic E-state index is 0.0501. The molecule has 0 unspecified atom stereocenters. The summed E-state index contributed by atoms with van der Waals surface area (Å²) in [6.45, 7) is 8.07. The van der Waals surface area contributed by atoms with Crippen molar-refractivity contribution in [1.82, 2.24) is 25.1 Å². The van der Waals surface area contributed by atoms with Crippen LogP contribution >= 0.6 is 11.6 Å². The summed E-state index contributed by atoms with van der Waals surface area (Å²) < 4.78 is 10.4. The number of aromatic nitrogens is 2. The molecule has 1 N–H and O–H groups in total. The number of carbonyl (C=O) groups excluding carboxylic acids is 4. The highest BCUT2D eigenvalue weighted by atomic mass is 35.5. The van der Waals surface area contributed by atoms with Crippen LogP contribution in [0.25, 0.3) is 11.4 Å². The van der Waals surface area contributed by atoms with E-state index in [-0.39, 0.29) is 55.9 Å². The molecule has 38 heavy (non-hydrogen) atoms. The number of hydrogen-bond acceptors (Lipinski definition) is 8. The van der Waals surface area contributed by atoms with Crippen molar-refractivity contribution in [2.75, 3.05) is 32.8 Å². The summed E-state index contributed by atoms with van der Waals surface area (Å²) in [5.74, 6) is -1.57. The number of benzene rings is 1. The van der Waals surface area contributed by atoms with Gasteiger partial charge in [0.05, 0.1) is 13.0 Å². The van der Waals surface area contributed by atoms with Crippen LogP contribution in [0.3, 0.4) is 0 Å². The second-order valence-electron chi connectivity index (χ2n) is 9.59. The number of piperazine rings is 1. The van der Waals surface area contributed by atoms with E-state index in [2.05, 4.69) is 15.3 Å². The average molecular weight is 546 g/mol. The van der Waals surface area contributed by atoms with Gasteiger partial charge in [-0.2, -0.15) is 0 Å². The smallest absolute Gasteiger partial charge is 0.409 e. The zero-order chi connectivity index (χ0) is 27.9. The van der Waals surface area contributed by atoms with E-state index in [4.69, 9.17) is 21.1 Å². The Morgan fingerprint density at radius 2 is 1.66 bits per heavy atom. The van der Waals surface area contributed by atoms with Crippen LogP contribution in [0.15, 0.2) is 36.4 Å². The predicted octanol–water partition coefficient (Wildman–Crippen LogP) is 2.93. The lowest BCUT2D eigenvalue weighted by atomic mass is 10.1. The highest BCUT2D eigenvalue weighted by Crippen LogP contribution is 2.18. The van der Waals surface area contributed by atoms with Crippen molar-refractivity contribution in [2.45, 2.75) is 45.8 Å². The molecule has 1 aliphatic heterocycles. The number of rotatable bonds is 7. The van der Waals surface area contributed by atoms with Gasteiger partial charge < -0.3 is 24.6 Å². The quantitative estimate of drug-likeness (QED) is 0.415. The zero-order valence-corrected chi connectivity index (χ0v) is 22.7. The van der Waals surface area contributed by atoms with Gasteiger partial charge in [0.2, 0.25) is 5.91 Å². The van der Waals surface area contributed by atoms with Crippen molar-refractivity contribution >= 4 is 35.5 Å². The SMILES string of the molecule is CCOC(=O)N1CCN(C(=O)[C@H](CC(=O)OC(C)(C)C)NC(=O)c2cc(Cl)nc(-c3ccccc3)n2)CC1. The van der Waals surface area contributed by atoms with Crippen LogP contribution in [0.4, 0.5) is 4.79 Å². The normalized spacial score (nSPS) is 14.4. The molecule has 1 aromatic heterocycles. The molecule has 1 atom stereocenters. The van der Waals surface area contributed by atoms with E-state index < -0.39 is 35.5 Å². The molecule has 0 aliphatic carbocycles. The maximum atomic E-state index is 13.4. The second kappa shape index (κ2) is 12.7. The zero-order valence-electron chi connectivity index (χ0n) is 21.9. The van der Waals surface area contributed by atoms with Crippen LogP contribution in [0.2, 0.25) is 5.15 Å². The first kappa shape index (κ1) is 28.8. The Labute approximate surface area is 226 Å². The van der Waals surface area contributed by atoms with Gasteiger partial charge in [0, 0.05) is 37.8 Å². The molecule has 2 aromatic rings. The molecule has 1 saturated heterocycles. The second-order valence-corrected chi connectivity index (χ2v) is 9.98. The van der Waals surface area contributed by atoms with E-state index in [0.29, 0.717) is 5.56 Å². The number of halogens is 1. The average Bonchev–Trinajstić information content (AvgIpc) is 2.87. The van der Waals surface area contributed by atoms with Gasteiger partial charge in [0.15, 0.2) is 5.82 Å². The van der Waals surface area contributed by atoms with Crippen LogP contribution in [0, 0.1) is 0 Å². The van der Waals surface area contributed by atoms with E-state index >= 15 is 0 Å². The number of nitrogens with zero attached hydrogens (tertiary/aromatic N) is 4. The maximum Gasteiger partial charge on any atom is 0.409 e. The largest absolute Gasteiger partial charge is 0.460 e. The summed E-state index contributed by atoms with van der Waals surface area (Å²) >= 11 is 6.16. The van der Waals surface area contributed by atoms with Gasteiger partial charge in [-0.25, -0.2) is 14.8 Å². The molecule has 3 amide bonds.